The highest BCUT2D eigenvalue weighted by Gasteiger charge is 2.15. The molecule has 2 atom stereocenters. The molecular formula is C29H62NO5P. The van der Waals surface area contributed by atoms with Gasteiger partial charge in [0.05, 0.1) is 47.0 Å². The molecule has 6 nitrogen and oxygen atoms in total. The molecule has 0 radical (unpaired) electrons. The van der Waals surface area contributed by atoms with Crippen LogP contribution in [0.1, 0.15) is 136 Å². The van der Waals surface area contributed by atoms with Crippen molar-refractivity contribution in [2.75, 3.05) is 47.5 Å². The van der Waals surface area contributed by atoms with E-state index in [1.807, 2.05) is 6.92 Å². The van der Waals surface area contributed by atoms with Crippen molar-refractivity contribution in [2.45, 2.75) is 142 Å². The van der Waals surface area contributed by atoms with Crippen LogP contribution in [-0.2, 0) is 18.3 Å². The van der Waals surface area contributed by atoms with Crippen LogP contribution < -0.4 is 4.89 Å². The van der Waals surface area contributed by atoms with Crippen molar-refractivity contribution in [1.82, 2.24) is 0 Å². The van der Waals surface area contributed by atoms with Gasteiger partial charge in [0.1, 0.15) is 0 Å². The summed E-state index contributed by atoms with van der Waals surface area (Å²) in [5.74, 6) is 0. The molecule has 0 aromatic heterocycles. The summed E-state index contributed by atoms with van der Waals surface area (Å²) in [5.41, 5.74) is 0. The molecule has 0 saturated carbocycles. The SMILES string of the molecule is CCCCCCCCCCCCCCCCCC(COP(=O)([O-])OCCCCC[N+](C)(C)C)OCC. The normalized spacial score (nSPS) is 14.7. The Hall–Kier alpha value is 0.0300. The predicted molar refractivity (Wildman–Crippen MR) is 151 cm³/mol. The lowest BCUT2D eigenvalue weighted by Crippen LogP contribution is -2.35. The first-order valence-electron chi connectivity index (χ1n) is 15.2. The minimum Gasteiger partial charge on any atom is -0.756 e. The average molecular weight is 536 g/mol. The fraction of sp³-hybridized carbons (Fsp3) is 1.00. The van der Waals surface area contributed by atoms with Crippen LogP contribution in [0.15, 0.2) is 0 Å². The van der Waals surface area contributed by atoms with Crippen LogP contribution in [0.5, 0.6) is 0 Å². The molecule has 0 aliphatic rings. The molecule has 0 aliphatic carbocycles. The van der Waals surface area contributed by atoms with E-state index in [9.17, 15) is 9.46 Å². The van der Waals surface area contributed by atoms with Crippen molar-refractivity contribution in [1.29, 1.82) is 0 Å². The van der Waals surface area contributed by atoms with Crippen LogP contribution in [-0.4, -0.2) is 58.1 Å². The second-order valence-electron chi connectivity index (χ2n) is 11.5. The van der Waals surface area contributed by atoms with E-state index in [0.29, 0.717) is 6.61 Å². The van der Waals surface area contributed by atoms with Gasteiger partial charge in [-0.3, -0.25) is 4.57 Å². The molecular weight excluding hydrogens is 473 g/mol. The number of unbranched alkanes of at least 4 members (excludes halogenated alkanes) is 16. The van der Waals surface area contributed by atoms with Gasteiger partial charge in [0.25, 0.3) is 7.82 Å². The molecule has 0 heterocycles. The summed E-state index contributed by atoms with van der Waals surface area (Å²) in [6.45, 7) is 6.08. The molecule has 0 rings (SSSR count). The lowest BCUT2D eigenvalue weighted by atomic mass is 10.0. The third-order valence-electron chi connectivity index (χ3n) is 6.67. The standard InChI is InChI=1S/C29H62NO5P/c1-6-8-9-10-11-12-13-14-15-16-17-18-19-20-22-25-29(33-7-2)28-35-36(31,32)34-27-24-21-23-26-30(3,4)5/h29H,6-28H2,1-5H3. The maximum atomic E-state index is 12.1. The first-order chi connectivity index (χ1) is 17.2. The molecule has 0 spiro atoms. The molecule has 0 aliphatic heterocycles. The van der Waals surface area contributed by atoms with E-state index in [0.717, 1.165) is 43.1 Å². The van der Waals surface area contributed by atoms with Gasteiger partial charge in [-0.05, 0) is 32.6 Å². The number of hydrogen-bond acceptors (Lipinski definition) is 5. The van der Waals surface area contributed by atoms with Crippen LogP contribution >= 0.6 is 7.82 Å². The Labute approximate surface area is 225 Å². The highest BCUT2D eigenvalue weighted by Crippen LogP contribution is 2.39. The van der Waals surface area contributed by atoms with E-state index in [4.69, 9.17) is 13.8 Å². The van der Waals surface area contributed by atoms with Gasteiger partial charge in [-0.15, -0.1) is 0 Å². The lowest BCUT2D eigenvalue weighted by molar-refractivity contribution is -0.870. The van der Waals surface area contributed by atoms with Crippen LogP contribution in [0.2, 0.25) is 0 Å². The zero-order valence-electron chi connectivity index (χ0n) is 24.8. The maximum Gasteiger partial charge on any atom is 0.267 e. The Kier molecular flexibility index (Phi) is 24.1. The largest absolute Gasteiger partial charge is 0.756 e. The molecule has 2 unspecified atom stereocenters. The Bertz CT molecular complexity index is 512. The third kappa shape index (κ3) is 27.1. The zero-order chi connectivity index (χ0) is 27.0. The number of ether oxygens (including phenoxy) is 1. The van der Waals surface area contributed by atoms with Crippen molar-refractivity contribution in [3.8, 4) is 0 Å². The fourth-order valence-corrected chi connectivity index (χ4v) is 5.22. The van der Waals surface area contributed by atoms with Gasteiger partial charge in [-0.2, -0.15) is 0 Å². The van der Waals surface area contributed by atoms with E-state index < -0.39 is 7.82 Å². The van der Waals surface area contributed by atoms with Crippen molar-refractivity contribution < 1.29 is 27.7 Å². The minimum atomic E-state index is -4.26. The van der Waals surface area contributed by atoms with E-state index in [2.05, 4.69) is 28.1 Å². The van der Waals surface area contributed by atoms with Gasteiger partial charge < -0.3 is 23.2 Å². The number of rotatable bonds is 28. The minimum absolute atomic E-state index is 0.0503. The second-order valence-corrected chi connectivity index (χ2v) is 12.9. The molecule has 0 bridgehead atoms. The van der Waals surface area contributed by atoms with E-state index in [-0.39, 0.29) is 19.3 Å². The highest BCUT2D eigenvalue weighted by atomic mass is 31.2. The number of phosphoric acid groups is 1. The summed E-state index contributed by atoms with van der Waals surface area (Å²) >= 11 is 0. The number of hydrogen-bond donors (Lipinski definition) is 0. The average Bonchev–Trinajstić information content (AvgIpc) is 2.81. The third-order valence-corrected chi connectivity index (χ3v) is 7.64. The second kappa shape index (κ2) is 24.1. The van der Waals surface area contributed by atoms with Crippen LogP contribution in [0.3, 0.4) is 0 Å². The lowest BCUT2D eigenvalue weighted by Gasteiger charge is -2.26. The summed E-state index contributed by atoms with van der Waals surface area (Å²) in [5, 5.41) is 0. The quantitative estimate of drug-likeness (QED) is 0.0576. The molecule has 7 heteroatoms. The summed E-state index contributed by atoms with van der Waals surface area (Å²) < 4.78 is 28.9. The number of quaternary nitrogens is 1. The summed E-state index contributed by atoms with van der Waals surface area (Å²) in [7, 11) is 2.21. The van der Waals surface area contributed by atoms with Crippen LogP contribution in [0.4, 0.5) is 0 Å². The molecule has 0 amide bonds. The Morgan fingerprint density at radius 2 is 1.14 bits per heavy atom. The topological polar surface area (TPSA) is 67.8 Å². The van der Waals surface area contributed by atoms with Gasteiger partial charge in [0.15, 0.2) is 0 Å². The Morgan fingerprint density at radius 1 is 0.667 bits per heavy atom. The van der Waals surface area contributed by atoms with Crippen molar-refractivity contribution in [2.24, 2.45) is 0 Å². The van der Waals surface area contributed by atoms with E-state index in [1.54, 1.807) is 0 Å². The first kappa shape index (κ1) is 36.0. The summed E-state index contributed by atoms with van der Waals surface area (Å²) in [6.07, 6.45) is 23.4. The van der Waals surface area contributed by atoms with Crippen LogP contribution in [0, 0.1) is 0 Å². The van der Waals surface area contributed by atoms with Crippen molar-refractivity contribution in [3.63, 3.8) is 0 Å². The summed E-state index contributed by atoms with van der Waals surface area (Å²) in [4.78, 5) is 12.1. The van der Waals surface area contributed by atoms with E-state index in [1.165, 1.54) is 89.9 Å². The molecule has 0 aromatic rings. The Balaban J connectivity index is 3.70. The monoisotopic (exact) mass is 535 g/mol. The molecule has 0 fully saturated rings. The summed E-state index contributed by atoms with van der Waals surface area (Å²) in [6, 6.07) is 0. The molecule has 0 saturated heterocycles. The van der Waals surface area contributed by atoms with Gasteiger partial charge in [-0.1, -0.05) is 103 Å². The van der Waals surface area contributed by atoms with Crippen molar-refractivity contribution >= 4 is 7.82 Å². The predicted octanol–water partition coefficient (Wildman–Crippen LogP) is 8.03. The fourth-order valence-electron chi connectivity index (χ4n) is 4.45. The first-order valence-corrected chi connectivity index (χ1v) is 16.7. The molecule has 0 aromatic carbocycles. The molecule has 0 N–H and O–H groups in total. The van der Waals surface area contributed by atoms with Crippen molar-refractivity contribution in [3.05, 3.63) is 0 Å². The highest BCUT2D eigenvalue weighted by molar-refractivity contribution is 7.45. The van der Waals surface area contributed by atoms with Gasteiger partial charge in [0, 0.05) is 6.61 Å². The van der Waals surface area contributed by atoms with E-state index >= 15 is 0 Å². The molecule has 218 valence electrons. The number of phosphoric ester groups is 1. The maximum absolute atomic E-state index is 12.1. The Morgan fingerprint density at radius 3 is 1.61 bits per heavy atom. The number of nitrogens with zero attached hydrogens (tertiary/aromatic N) is 1. The van der Waals surface area contributed by atoms with Crippen LogP contribution in [0.25, 0.3) is 0 Å². The zero-order valence-corrected chi connectivity index (χ0v) is 25.7. The smallest absolute Gasteiger partial charge is 0.267 e. The van der Waals surface area contributed by atoms with Gasteiger partial charge in [0.2, 0.25) is 0 Å². The molecule has 36 heavy (non-hydrogen) atoms. The van der Waals surface area contributed by atoms with Gasteiger partial charge >= 0.3 is 0 Å². The van der Waals surface area contributed by atoms with Gasteiger partial charge in [-0.25, -0.2) is 0 Å².